The summed E-state index contributed by atoms with van der Waals surface area (Å²) in [7, 11) is 0. The molecule has 0 bridgehead atoms. The summed E-state index contributed by atoms with van der Waals surface area (Å²) in [6, 6.07) is 18.3. The van der Waals surface area contributed by atoms with E-state index >= 15 is 0 Å². The first kappa shape index (κ1) is 12.3. The van der Waals surface area contributed by atoms with Gasteiger partial charge >= 0.3 is 0 Å². The Labute approximate surface area is 150 Å². The molecule has 8 rings (SSSR count). The minimum Gasteiger partial charge on any atom is -0.110 e. The third kappa shape index (κ3) is 0.975. The smallest absolute Gasteiger partial charge is 0.110 e. The average molecular weight is 336 g/mol. The van der Waals surface area contributed by atoms with Crippen molar-refractivity contribution in [1.29, 1.82) is 0 Å². The Morgan fingerprint density at radius 3 is 1.77 bits per heavy atom. The van der Waals surface area contributed by atoms with Crippen LogP contribution >= 0.6 is 0 Å². The van der Waals surface area contributed by atoms with Gasteiger partial charge in [0, 0.05) is 24.3 Å². The number of benzene rings is 2. The van der Waals surface area contributed by atoms with Gasteiger partial charge in [-0.3, -0.25) is 0 Å². The maximum Gasteiger partial charge on any atom is 0.290 e. The van der Waals surface area contributed by atoms with Crippen LogP contribution in [0.2, 0.25) is 0 Å². The second-order valence-electron chi connectivity index (χ2n) is 7.90. The second-order valence-corrected chi connectivity index (χ2v) is 7.90. The van der Waals surface area contributed by atoms with Gasteiger partial charge in [0.05, 0.1) is 22.5 Å². The molecule has 0 N–H and O–H groups in total. The van der Waals surface area contributed by atoms with Crippen molar-refractivity contribution in [3.05, 3.63) is 94.6 Å². The fourth-order valence-corrected chi connectivity index (χ4v) is 6.10. The molecule has 0 amide bonds. The van der Waals surface area contributed by atoms with Crippen LogP contribution in [0.1, 0.15) is 33.6 Å². The molecule has 0 radical (unpaired) electrons. The number of rotatable bonds is 0. The minimum atomic E-state index is -0.260. The van der Waals surface area contributed by atoms with E-state index in [4.69, 9.17) is 0 Å². The van der Waals surface area contributed by atoms with Crippen molar-refractivity contribution in [3.63, 3.8) is 0 Å². The van der Waals surface area contributed by atoms with Crippen LogP contribution < -0.4 is 9.36 Å². The lowest BCUT2D eigenvalue weighted by Crippen LogP contribution is -2.52. The third-order valence-electron chi connectivity index (χ3n) is 6.87. The van der Waals surface area contributed by atoms with Crippen molar-refractivity contribution < 1.29 is 9.36 Å². The Hall–Kier alpha value is -3.14. The normalized spacial score (nSPS) is 17.8. The van der Waals surface area contributed by atoms with Crippen LogP contribution in [-0.4, -0.2) is 9.36 Å². The van der Waals surface area contributed by atoms with Gasteiger partial charge in [-0.05, 0) is 30.4 Å². The number of hydrogen-bond acceptors (Lipinski definition) is 0. The molecule has 1 spiro atoms. The SMILES string of the molecule is c1cc2c3c(c1)-[n+]1ccc4n1C31c3c(cccc3-[n+]3ccc(n31)CC4)C2. The van der Waals surface area contributed by atoms with Gasteiger partial charge in [0.1, 0.15) is 0 Å². The van der Waals surface area contributed by atoms with Crippen molar-refractivity contribution in [2.45, 2.75) is 24.9 Å². The van der Waals surface area contributed by atoms with Crippen molar-refractivity contribution in [2.24, 2.45) is 0 Å². The molecule has 4 aromatic rings. The Balaban J connectivity index is 1.75. The molecule has 0 saturated heterocycles. The summed E-state index contributed by atoms with van der Waals surface area (Å²) in [5.41, 5.74) is 11.1. The van der Waals surface area contributed by atoms with Crippen LogP contribution in [0.3, 0.4) is 0 Å². The number of hydrogen-bond donors (Lipinski definition) is 0. The van der Waals surface area contributed by atoms with E-state index in [2.05, 4.69) is 79.7 Å². The average Bonchev–Trinajstić information content (AvgIpc) is 3.37. The Morgan fingerprint density at radius 2 is 1.23 bits per heavy atom. The summed E-state index contributed by atoms with van der Waals surface area (Å²) in [4.78, 5) is 0. The van der Waals surface area contributed by atoms with E-state index < -0.39 is 0 Å². The molecule has 0 atom stereocenters. The number of nitrogens with zero attached hydrogens (tertiary/aromatic N) is 4. The zero-order valence-electron chi connectivity index (χ0n) is 14.2. The third-order valence-corrected chi connectivity index (χ3v) is 6.87. The summed E-state index contributed by atoms with van der Waals surface area (Å²) in [5, 5.41) is 0. The van der Waals surface area contributed by atoms with Crippen molar-refractivity contribution in [2.75, 3.05) is 0 Å². The maximum absolute atomic E-state index is 2.57. The second kappa shape index (κ2) is 3.54. The highest BCUT2D eigenvalue weighted by Gasteiger charge is 2.67. The van der Waals surface area contributed by atoms with Crippen LogP contribution in [-0.2, 0) is 24.9 Å². The Kier molecular flexibility index (Phi) is 1.67. The number of aromatic nitrogens is 4. The number of fused-ring (bicyclic) bond motifs is 2. The number of aryl methyl sites for hydroxylation is 2. The first-order valence-corrected chi connectivity index (χ1v) is 9.40. The van der Waals surface area contributed by atoms with E-state index in [1.165, 1.54) is 45.0 Å². The van der Waals surface area contributed by atoms with E-state index in [9.17, 15) is 0 Å². The van der Waals surface area contributed by atoms with Crippen molar-refractivity contribution in [1.82, 2.24) is 9.36 Å². The van der Waals surface area contributed by atoms with Crippen LogP contribution in [0, 0.1) is 0 Å². The molecular weight excluding hydrogens is 320 g/mol. The molecule has 5 heterocycles. The molecule has 122 valence electrons. The zero-order chi connectivity index (χ0) is 16.6. The maximum atomic E-state index is 2.57. The summed E-state index contributed by atoms with van der Waals surface area (Å²) in [6.45, 7) is 0. The molecular formula is C22H16N4+2. The van der Waals surface area contributed by atoms with Gasteiger partial charge in [-0.1, -0.05) is 33.6 Å². The van der Waals surface area contributed by atoms with Crippen LogP contribution in [0.5, 0.6) is 0 Å². The highest BCUT2D eigenvalue weighted by atomic mass is 15.6. The van der Waals surface area contributed by atoms with Crippen molar-refractivity contribution in [3.8, 4) is 11.4 Å². The van der Waals surface area contributed by atoms with Crippen LogP contribution in [0.4, 0.5) is 0 Å². The fraction of sp³-hybridized carbons (Fsp3) is 0.182. The van der Waals surface area contributed by atoms with Gasteiger partial charge in [0.2, 0.25) is 23.8 Å². The summed E-state index contributed by atoms with van der Waals surface area (Å²) >= 11 is 0. The predicted octanol–water partition coefficient (Wildman–Crippen LogP) is 1.77. The monoisotopic (exact) mass is 336 g/mol. The molecule has 3 aliphatic heterocycles. The van der Waals surface area contributed by atoms with E-state index in [0.717, 1.165) is 19.3 Å². The van der Waals surface area contributed by atoms with E-state index in [0.29, 0.717) is 0 Å². The molecule has 1 aliphatic carbocycles. The predicted molar refractivity (Wildman–Crippen MR) is 93.7 cm³/mol. The van der Waals surface area contributed by atoms with Gasteiger partial charge in [-0.15, -0.1) is 9.36 Å². The molecule has 2 aromatic heterocycles. The minimum absolute atomic E-state index is 0.260. The topological polar surface area (TPSA) is 17.6 Å². The lowest BCUT2D eigenvalue weighted by molar-refractivity contribution is -0.705. The molecule has 4 aliphatic rings. The highest BCUT2D eigenvalue weighted by molar-refractivity contribution is 5.65. The molecule has 26 heavy (non-hydrogen) atoms. The van der Waals surface area contributed by atoms with Crippen molar-refractivity contribution >= 4 is 0 Å². The standard InChI is InChI=1S/C22H16N4/c1-3-14-13-15-4-2-6-19-21(15)22-20(14)18(5-1)23-11-9-16(25(22)23)7-8-17-10-12-24(19)26(17)22/h1-6,9-12H,7-8,13H2/q+2. The summed E-state index contributed by atoms with van der Waals surface area (Å²) < 4.78 is 9.93. The van der Waals surface area contributed by atoms with Gasteiger partial charge in [0.15, 0.2) is 0 Å². The molecule has 0 fully saturated rings. The van der Waals surface area contributed by atoms with E-state index in [1.54, 1.807) is 0 Å². The lowest BCUT2D eigenvalue weighted by atomic mass is 9.77. The molecule has 4 heteroatoms. The van der Waals surface area contributed by atoms with E-state index in [1.807, 2.05) is 0 Å². The molecule has 0 unspecified atom stereocenters. The first-order valence-electron chi connectivity index (χ1n) is 9.40. The quantitative estimate of drug-likeness (QED) is 0.376. The summed E-state index contributed by atoms with van der Waals surface area (Å²) in [6.07, 6.45) is 7.71. The van der Waals surface area contributed by atoms with Gasteiger partial charge in [-0.25, -0.2) is 0 Å². The van der Waals surface area contributed by atoms with Crippen LogP contribution in [0.25, 0.3) is 11.4 Å². The zero-order valence-corrected chi connectivity index (χ0v) is 14.2. The first-order chi connectivity index (χ1) is 12.9. The van der Waals surface area contributed by atoms with Gasteiger partial charge in [0.25, 0.3) is 5.66 Å². The van der Waals surface area contributed by atoms with Crippen LogP contribution in [0.15, 0.2) is 60.9 Å². The molecule has 2 aromatic carbocycles. The fourth-order valence-electron chi connectivity index (χ4n) is 6.10. The Bertz CT molecular complexity index is 1220. The molecule has 0 saturated carbocycles. The highest BCUT2D eigenvalue weighted by Crippen LogP contribution is 2.52. The Morgan fingerprint density at radius 1 is 0.692 bits per heavy atom. The largest absolute Gasteiger partial charge is 0.290 e. The van der Waals surface area contributed by atoms with E-state index in [-0.39, 0.29) is 5.66 Å². The molecule has 4 nitrogen and oxygen atoms in total. The van der Waals surface area contributed by atoms with Gasteiger partial charge < -0.3 is 0 Å². The van der Waals surface area contributed by atoms with Gasteiger partial charge in [-0.2, -0.15) is 0 Å². The summed E-state index contributed by atoms with van der Waals surface area (Å²) in [5.74, 6) is 0. The lowest BCUT2D eigenvalue weighted by Gasteiger charge is -2.29.